The van der Waals surface area contributed by atoms with E-state index in [-0.39, 0.29) is 0 Å². The molecule has 0 aromatic carbocycles. The third-order valence-electron chi connectivity index (χ3n) is 6.12. The molecule has 2 spiro atoms. The fourth-order valence-corrected chi connectivity index (χ4v) is 4.97. The van der Waals surface area contributed by atoms with Crippen molar-refractivity contribution in [2.24, 2.45) is 0 Å². The minimum absolute atomic E-state index is 0.301. The highest BCUT2D eigenvalue weighted by Crippen LogP contribution is 2.52. The molecule has 0 amide bonds. The van der Waals surface area contributed by atoms with Crippen LogP contribution in [0.5, 0.6) is 0 Å². The molecule has 0 N–H and O–H groups in total. The summed E-state index contributed by atoms with van der Waals surface area (Å²) >= 11 is 0. The van der Waals surface area contributed by atoms with E-state index in [1.807, 2.05) is 0 Å². The summed E-state index contributed by atoms with van der Waals surface area (Å²) in [6.07, 6.45) is 10.6. The largest absolute Gasteiger partial charge is 0.473 e. The second kappa shape index (κ2) is 3.33. The zero-order chi connectivity index (χ0) is 12.5. The van der Waals surface area contributed by atoms with Gasteiger partial charge in [-0.1, -0.05) is 25.7 Å². The second-order valence-corrected chi connectivity index (χ2v) is 7.05. The monoisotopic (exact) mass is 262 g/mol. The predicted molar refractivity (Wildman–Crippen MR) is 69.9 cm³/mol. The maximum atomic E-state index is 6.07. The average molecular weight is 262 g/mol. The highest BCUT2D eigenvalue weighted by Gasteiger charge is 2.59. The molecule has 0 aromatic rings. The van der Waals surface area contributed by atoms with E-state index in [2.05, 4.69) is 9.80 Å². The van der Waals surface area contributed by atoms with Gasteiger partial charge in [-0.2, -0.15) is 0 Å². The Hall–Kier alpha value is -1.06. The fourth-order valence-electron chi connectivity index (χ4n) is 4.97. The van der Waals surface area contributed by atoms with E-state index in [1.165, 1.54) is 51.4 Å². The van der Waals surface area contributed by atoms with E-state index in [0.717, 1.165) is 31.6 Å². The molecule has 104 valence electrons. The van der Waals surface area contributed by atoms with Crippen LogP contribution >= 0.6 is 0 Å². The number of fused-ring (bicyclic) bond motifs is 4. The van der Waals surface area contributed by atoms with Crippen molar-refractivity contribution >= 4 is 0 Å². The molecule has 2 aliphatic carbocycles. The Morgan fingerprint density at radius 1 is 0.684 bits per heavy atom. The lowest BCUT2D eigenvalue weighted by atomic mass is 9.97. The van der Waals surface area contributed by atoms with Gasteiger partial charge in [0.05, 0.1) is 17.7 Å². The molecule has 0 radical (unpaired) electrons. The first kappa shape index (κ1) is 10.7. The van der Waals surface area contributed by atoms with Crippen molar-refractivity contribution in [3.8, 4) is 0 Å². The molecule has 0 unspecified atom stereocenters. The molecule has 4 fully saturated rings. The van der Waals surface area contributed by atoms with E-state index in [1.54, 1.807) is 0 Å². The molecule has 3 aliphatic heterocycles. The van der Waals surface area contributed by atoms with Gasteiger partial charge in [-0.05, 0) is 25.7 Å². The van der Waals surface area contributed by atoms with E-state index >= 15 is 0 Å². The number of hydrogen-bond acceptors (Lipinski definition) is 4. The molecular formula is C15H22N2O2. The van der Waals surface area contributed by atoms with Crippen molar-refractivity contribution in [3.05, 3.63) is 11.8 Å². The zero-order valence-corrected chi connectivity index (χ0v) is 11.5. The summed E-state index contributed by atoms with van der Waals surface area (Å²) < 4.78 is 12.1. The van der Waals surface area contributed by atoms with Crippen LogP contribution in [0.4, 0.5) is 0 Å². The van der Waals surface area contributed by atoms with Gasteiger partial charge in [0.15, 0.2) is 0 Å². The van der Waals surface area contributed by atoms with Gasteiger partial charge in [-0.25, -0.2) is 0 Å². The van der Waals surface area contributed by atoms with Gasteiger partial charge in [-0.3, -0.25) is 0 Å². The van der Waals surface area contributed by atoms with Crippen molar-refractivity contribution in [1.82, 2.24) is 9.80 Å². The summed E-state index contributed by atoms with van der Waals surface area (Å²) in [5.41, 5.74) is 0.603. The number of ether oxygens (including phenoxy) is 2. The topological polar surface area (TPSA) is 24.9 Å². The van der Waals surface area contributed by atoms with Crippen molar-refractivity contribution < 1.29 is 9.47 Å². The minimum Gasteiger partial charge on any atom is -0.473 e. The first-order valence-corrected chi connectivity index (χ1v) is 7.88. The average Bonchev–Trinajstić information content (AvgIpc) is 3.17. The van der Waals surface area contributed by atoms with Crippen molar-refractivity contribution in [1.29, 1.82) is 0 Å². The fraction of sp³-hybridized carbons (Fsp3) is 0.867. The lowest BCUT2D eigenvalue weighted by Crippen LogP contribution is -2.49. The van der Waals surface area contributed by atoms with E-state index in [0.29, 0.717) is 11.1 Å². The standard InChI is InChI=1S/C15H22N2O2/c1-2-6-14(5-1)9-18-12-13-17(11-16(12)14)15(10-19-13)7-3-4-8-15/h1-11H2. The maximum Gasteiger partial charge on any atom is 0.254 e. The Balaban J connectivity index is 1.52. The van der Waals surface area contributed by atoms with Gasteiger partial charge in [0.1, 0.15) is 13.2 Å². The molecule has 2 saturated heterocycles. The van der Waals surface area contributed by atoms with Crippen LogP contribution in [0.25, 0.3) is 0 Å². The van der Waals surface area contributed by atoms with Gasteiger partial charge in [0, 0.05) is 0 Å². The Kier molecular flexibility index (Phi) is 1.88. The lowest BCUT2D eigenvalue weighted by Gasteiger charge is -2.37. The quantitative estimate of drug-likeness (QED) is 0.669. The van der Waals surface area contributed by atoms with Crippen LogP contribution in [-0.2, 0) is 9.47 Å². The minimum atomic E-state index is 0.301. The summed E-state index contributed by atoms with van der Waals surface area (Å²) in [7, 11) is 0. The summed E-state index contributed by atoms with van der Waals surface area (Å²) in [6.45, 7) is 2.79. The van der Waals surface area contributed by atoms with Crippen molar-refractivity contribution in [3.63, 3.8) is 0 Å². The van der Waals surface area contributed by atoms with Crippen LogP contribution in [-0.4, -0.2) is 40.8 Å². The SMILES string of the molecule is C1CCC2(C1)COC1=C3OCC4(CCCC4)N3CN12. The Morgan fingerprint density at radius 2 is 1.11 bits per heavy atom. The number of rotatable bonds is 0. The summed E-state index contributed by atoms with van der Waals surface area (Å²) in [4.78, 5) is 5.07. The number of hydrogen-bond donors (Lipinski definition) is 0. The third kappa shape index (κ3) is 1.17. The molecule has 5 aliphatic rings. The van der Waals surface area contributed by atoms with Gasteiger partial charge >= 0.3 is 0 Å². The highest BCUT2D eigenvalue weighted by molar-refractivity contribution is 5.23. The second-order valence-electron chi connectivity index (χ2n) is 7.05. The molecule has 0 aromatic heterocycles. The van der Waals surface area contributed by atoms with Crippen LogP contribution in [0.1, 0.15) is 51.4 Å². The Labute approximate surface area is 114 Å². The van der Waals surface area contributed by atoms with Crippen LogP contribution in [0.15, 0.2) is 11.8 Å². The maximum absolute atomic E-state index is 6.07. The Morgan fingerprint density at radius 3 is 1.53 bits per heavy atom. The van der Waals surface area contributed by atoms with Crippen LogP contribution < -0.4 is 0 Å². The highest BCUT2D eigenvalue weighted by atomic mass is 16.6. The zero-order valence-electron chi connectivity index (χ0n) is 11.5. The van der Waals surface area contributed by atoms with Crippen LogP contribution in [0.2, 0.25) is 0 Å². The van der Waals surface area contributed by atoms with Crippen LogP contribution in [0, 0.1) is 0 Å². The number of nitrogens with zero attached hydrogens (tertiary/aromatic N) is 2. The summed E-state index contributed by atoms with van der Waals surface area (Å²) in [5.74, 6) is 2.12. The van der Waals surface area contributed by atoms with E-state index in [4.69, 9.17) is 9.47 Å². The van der Waals surface area contributed by atoms with Crippen LogP contribution in [0.3, 0.4) is 0 Å². The first-order valence-electron chi connectivity index (χ1n) is 7.88. The molecule has 0 bridgehead atoms. The normalized spacial score (nSPS) is 33.3. The van der Waals surface area contributed by atoms with Gasteiger partial charge in [-0.15, -0.1) is 0 Å². The molecule has 5 rings (SSSR count). The molecule has 0 atom stereocenters. The van der Waals surface area contributed by atoms with Gasteiger partial charge < -0.3 is 19.3 Å². The molecule has 4 heteroatoms. The van der Waals surface area contributed by atoms with Crippen molar-refractivity contribution in [2.75, 3.05) is 19.9 Å². The third-order valence-corrected chi connectivity index (χ3v) is 6.12. The summed E-state index contributed by atoms with van der Waals surface area (Å²) in [6, 6.07) is 0. The summed E-state index contributed by atoms with van der Waals surface area (Å²) in [5, 5.41) is 0. The van der Waals surface area contributed by atoms with E-state index in [9.17, 15) is 0 Å². The Bertz CT molecular complexity index is 407. The predicted octanol–water partition coefficient (Wildman–Crippen LogP) is 2.37. The molecule has 4 nitrogen and oxygen atoms in total. The molecule has 19 heavy (non-hydrogen) atoms. The first-order chi connectivity index (χ1) is 9.33. The van der Waals surface area contributed by atoms with Crippen molar-refractivity contribution in [2.45, 2.75) is 62.4 Å². The molecular weight excluding hydrogens is 240 g/mol. The van der Waals surface area contributed by atoms with Gasteiger partial charge in [0.2, 0.25) is 0 Å². The molecule has 2 saturated carbocycles. The molecule has 3 heterocycles. The lowest BCUT2D eigenvalue weighted by molar-refractivity contribution is 0.0884. The van der Waals surface area contributed by atoms with Gasteiger partial charge in [0.25, 0.3) is 11.8 Å². The smallest absolute Gasteiger partial charge is 0.254 e. The van der Waals surface area contributed by atoms with E-state index < -0.39 is 0 Å².